The fourth-order valence-corrected chi connectivity index (χ4v) is 7.16. The maximum Gasteiger partial charge on any atom is 0.329 e. The third-order valence-corrected chi connectivity index (χ3v) is 15.8. The zero-order valence-electron chi connectivity index (χ0n) is 53.4. The van der Waals surface area contributed by atoms with Gasteiger partial charge in [0.1, 0.15) is 72.1 Å². The Morgan fingerprint density at radius 2 is 0.576 bits per heavy atom. The Hall–Kier alpha value is -4.71. The monoisotopic (exact) mass is 1370 g/mol. The lowest BCUT2D eigenvalue weighted by atomic mass is 9.83. The molecule has 0 aliphatic carbocycles. The Kier molecular flexibility index (Phi) is 84.9. The lowest BCUT2D eigenvalue weighted by Gasteiger charge is -2.20. The minimum absolute atomic E-state index is 0. The van der Waals surface area contributed by atoms with Crippen LogP contribution in [0.4, 0.5) is 0 Å². The number of ketones is 8. The number of hydrogen-bond donors (Lipinski definition) is 5. The minimum Gasteiger partial charge on any atom is -0.481 e. The van der Waals surface area contributed by atoms with E-state index in [9.17, 15) is 62.3 Å². The number of carboxylic acids is 5. The van der Waals surface area contributed by atoms with Crippen molar-refractivity contribution < 1.29 is 102 Å². The topological polar surface area (TPSA) is 351 Å². The van der Waals surface area contributed by atoms with Crippen molar-refractivity contribution in [3.05, 3.63) is 0 Å². The van der Waals surface area contributed by atoms with Gasteiger partial charge in [0.25, 0.3) is 0 Å². The molecule has 21 nitrogen and oxygen atoms in total. The molecule has 0 aliphatic heterocycles. The fraction of sp³-hybridized carbons (Fsp3) is 0.812. The molecule has 0 fully saturated rings. The molecule has 0 saturated carbocycles. The quantitative estimate of drug-likeness (QED) is 0.0215. The molecule has 5 N–H and O–H groups in total. The van der Waals surface area contributed by atoms with Gasteiger partial charge in [-0.2, -0.15) is 0 Å². The van der Waals surface area contributed by atoms with E-state index in [1.807, 2.05) is 104 Å². The summed E-state index contributed by atoms with van der Waals surface area (Å²) in [7, 11) is 0. The number of carbonyl (C=O) groups is 13. The summed E-state index contributed by atoms with van der Waals surface area (Å²) in [5, 5.41) is 41.8. The van der Waals surface area contributed by atoms with E-state index in [0.29, 0.717) is 95.2 Å². The first-order valence-corrected chi connectivity index (χ1v) is 31.2. The molecule has 0 unspecified atom stereocenters. The normalized spacial score (nSPS) is 10.3. The van der Waals surface area contributed by atoms with Gasteiger partial charge in [0.05, 0.1) is 30.8 Å². The molecule has 23 heteroatoms. The molecule has 0 atom stereocenters. The SMILES string of the molecule is C.C.C.C.C.C.C.C.CCC(C)(C)C(=O)CCCC(=O)CC(=O)O.CCC(C)(C)C(=O)CCCCC(=O)CC(=O)O.CCC(C)(C)C(=O)CCCOCC(=O)O.CCC(C)(C)C(=O)CCOCSCC(=O)O.CCC(C)(C)C(=O)CCOCSCCC(=O)CC(=O)O. The number of carbonyl (C=O) groups excluding carboxylic acids is 8. The number of carboxylic acid groups (broad SMARTS) is 5. The van der Waals surface area contributed by atoms with E-state index in [1.165, 1.54) is 23.5 Å². The van der Waals surface area contributed by atoms with Gasteiger partial charge < -0.3 is 39.7 Å². The Labute approximate surface area is 567 Å². The number of ether oxygens (including phenoxy) is 3. The molecule has 0 radical (unpaired) electrons. The van der Waals surface area contributed by atoms with Gasteiger partial charge in [-0.3, -0.25) is 57.5 Å². The second-order valence-electron chi connectivity index (χ2n) is 23.2. The van der Waals surface area contributed by atoms with Crippen LogP contribution in [0.25, 0.3) is 0 Å². The molecule has 552 valence electrons. The van der Waals surface area contributed by atoms with Crippen molar-refractivity contribution in [1.29, 1.82) is 0 Å². The van der Waals surface area contributed by atoms with E-state index in [-0.39, 0.29) is 164 Å². The molecule has 92 heavy (non-hydrogen) atoms. The molecule has 0 bridgehead atoms. The summed E-state index contributed by atoms with van der Waals surface area (Å²) in [5.74, 6) is -3.68. The van der Waals surface area contributed by atoms with Gasteiger partial charge in [-0.25, -0.2) is 4.79 Å². The van der Waals surface area contributed by atoms with Crippen LogP contribution in [0.1, 0.15) is 292 Å². The maximum absolute atomic E-state index is 11.8. The highest BCUT2D eigenvalue weighted by Crippen LogP contribution is 2.27. The highest BCUT2D eigenvalue weighted by Gasteiger charge is 2.28. The summed E-state index contributed by atoms with van der Waals surface area (Å²) >= 11 is 2.62. The fourth-order valence-electron chi connectivity index (χ4n) is 5.94. The molecular formula is C69H138O21S2. The zero-order chi connectivity index (χ0) is 66.3. The van der Waals surface area contributed by atoms with Crippen LogP contribution in [0.5, 0.6) is 0 Å². The third-order valence-electron chi connectivity index (χ3n) is 14.2. The highest BCUT2D eigenvalue weighted by atomic mass is 32.2. The van der Waals surface area contributed by atoms with Gasteiger partial charge in [0.15, 0.2) is 0 Å². The maximum atomic E-state index is 11.8. The number of aliphatic carboxylic acids is 5. The van der Waals surface area contributed by atoms with Crippen LogP contribution in [-0.2, 0) is 76.5 Å². The van der Waals surface area contributed by atoms with Crippen LogP contribution >= 0.6 is 23.5 Å². The number of Topliss-reactive ketones (excluding diaryl/α,β-unsaturated/α-hetero) is 8. The standard InChI is InChI=1S/C14H24O5S.C13H22O4.C12H20O4.C11H20O4S.C11H20O4.8CH4/c1-4-14(2,3)12(16)5-7-19-10-20-8-6-11(15)9-13(17)18;1-4-13(2,3)11(15)8-6-5-7-10(14)9-12(16)17;1-4-12(2,3)10(14)7-5-6-9(13)8-11(15)16;1-4-11(2,3)9(12)5-6-15-8-16-7-10(13)14;1-4-11(2,3)9(12)6-5-7-15-8-10(13)14;;;;;;;;/h4-10H2,1-3H3,(H,17,18);4-9H2,1-3H3,(H,16,17);4-8H2,1-3H3,(H,15,16);4-8H2,1-3H3,(H,13,14);4-8H2,1-3H3,(H,13,14);8*1H4. The second kappa shape index (κ2) is 66.3. The molecule has 0 rings (SSSR count). The van der Waals surface area contributed by atoms with Gasteiger partial charge >= 0.3 is 29.8 Å². The number of rotatable bonds is 46. The molecule has 0 aromatic heterocycles. The van der Waals surface area contributed by atoms with E-state index in [1.54, 1.807) is 0 Å². The lowest BCUT2D eigenvalue weighted by molar-refractivity contribution is -0.143. The van der Waals surface area contributed by atoms with E-state index in [4.69, 9.17) is 39.7 Å². The average Bonchev–Trinajstić information content (AvgIpc) is 3.21. The predicted molar refractivity (Wildman–Crippen MR) is 379 cm³/mol. The van der Waals surface area contributed by atoms with Crippen LogP contribution in [0.3, 0.4) is 0 Å². The van der Waals surface area contributed by atoms with Crippen molar-refractivity contribution in [3.63, 3.8) is 0 Å². The second-order valence-corrected chi connectivity index (χ2v) is 25.2. The van der Waals surface area contributed by atoms with E-state index in [2.05, 4.69) is 0 Å². The van der Waals surface area contributed by atoms with Crippen molar-refractivity contribution in [2.24, 2.45) is 27.1 Å². The van der Waals surface area contributed by atoms with Gasteiger partial charge in [0, 0.05) is 90.8 Å². The van der Waals surface area contributed by atoms with Crippen molar-refractivity contribution in [2.45, 2.75) is 292 Å². The van der Waals surface area contributed by atoms with E-state index >= 15 is 0 Å². The third kappa shape index (κ3) is 71.1. The summed E-state index contributed by atoms with van der Waals surface area (Å²) < 4.78 is 15.3. The van der Waals surface area contributed by atoms with E-state index < -0.39 is 49.1 Å². The van der Waals surface area contributed by atoms with Gasteiger partial charge in [-0.1, -0.05) is 163 Å². The first-order valence-electron chi connectivity index (χ1n) is 28.9. The lowest BCUT2D eigenvalue weighted by Crippen LogP contribution is -2.24. The Morgan fingerprint density at radius 1 is 0.304 bits per heavy atom. The summed E-state index contributed by atoms with van der Waals surface area (Å²) in [6, 6.07) is 0. The zero-order valence-corrected chi connectivity index (χ0v) is 55.0. The summed E-state index contributed by atoms with van der Waals surface area (Å²) in [6.07, 6.45) is 7.83. The summed E-state index contributed by atoms with van der Waals surface area (Å²) in [4.78, 5) is 143. The van der Waals surface area contributed by atoms with Gasteiger partial charge in [0.2, 0.25) is 0 Å². The van der Waals surface area contributed by atoms with Crippen LogP contribution < -0.4 is 0 Å². The van der Waals surface area contributed by atoms with Crippen LogP contribution in [0, 0.1) is 27.1 Å². The van der Waals surface area contributed by atoms with Crippen molar-refractivity contribution in [2.75, 3.05) is 49.8 Å². The van der Waals surface area contributed by atoms with Crippen LogP contribution in [-0.4, -0.2) is 151 Å². The van der Waals surface area contributed by atoms with Gasteiger partial charge in [-0.05, 0) is 57.8 Å². The molecule has 0 heterocycles. The highest BCUT2D eigenvalue weighted by molar-refractivity contribution is 7.99. The Bertz CT molecular complexity index is 2030. The molecule has 0 aromatic rings. The smallest absolute Gasteiger partial charge is 0.329 e. The first kappa shape index (κ1) is 118. The molecule has 0 aromatic carbocycles. The predicted octanol–water partition coefficient (Wildman–Crippen LogP) is 16.5. The van der Waals surface area contributed by atoms with Crippen molar-refractivity contribution in [3.8, 4) is 0 Å². The van der Waals surface area contributed by atoms with Crippen molar-refractivity contribution >= 4 is 99.6 Å². The Balaban J connectivity index is -0.0000000757. The van der Waals surface area contributed by atoms with Crippen LogP contribution in [0.2, 0.25) is 0 Å². The van der Waals surface area contributed by atoms with Crippen molar-refractivity contribution in [1.82, 2.24) is 0 Å². The minimum atomic E-state index is -1.11. The summed E-state index contributed by atoms with van der Waals surface area (Å²) in [5.41, 5.74) is -1.47. The number of hydrogen-bond acceptors (Lipinski definition) is 18. The molecule has 0 spiro atoms. The molecular weight excluding hydrogens is 1230 g/mol. The Morgan fingerprint density at radius 3 is 0.880 bits per heavy atom. The first-order chi connectivity index (χ1) is 38.7. The summed E-state index contributed by atoms with van der Waals surface area (Å²) in [6.45, 7) is 29.9. The van der Waals surface area contributed by atoms with Gasteiger partial charge in [-0.15, -0.1) is 23.5 Å². The van der Waals surface area contributed by atoms with E-state index in [0.717, 1.165) is 32.1 Å². The molecule has 0 amide bonds. The number of thioether (sulfide) groups is 2. The largest absolute Gasteiger partial charge is 0.481 e. The average molecular weight is 1370 g/mol. The number of unbranched alkanes of at least 4 members (excludes halogenated alkanes) is 1. The molecule has 0 saturated heterocycles. The molecule has 0 aliphatic rings. The van der Waals surface area contributed by atoms with Crippen LogP contribution in [0.15, 0.2) is 0 Å².